The molecule has 0 aromatic heterocycles. The number of carbonyl (C=O) groups excluding carboxylic acids is 2. The van der Waals surface area contributed by atoms with Gasteiger partial charge in [0.25, 0.3) is 5.91 Å². The van der Waals surface area contributed by atoms with Crippen LogP contribution in [-0.4, -0.2) is 70.6 Å². The highest BCUT2D eigenvalue weighted by Crippen LogP contribution is 1.83. The van der Waals surface area contributed by atoms with E-state index in [1.165, 1.54) is 6.92 Å². The van der Waals surface area contributed by atoms with E-state index in [2.05, 4.69) is 16.2 Å². The minimum atomic E-state index is -1.29. The van der Waals surface area contributed by atoms with Crippen molar-refractivity contribution in [3.05, 3.63) is 0 Å². The first-order valence-electron chi connectivity index (χ1n) is 7.13. The van der Waals surface area contributed by atoms with Crippen LogP contribution < -0.4 is 21.3 Å². The Morgan fingerprint density at radius 1 is 1.00 bits per heavy atom. The van der Waals surface area contributed by atoms with Gasteiger partial charge in [-0.15, -0.1) is 0 Å². The molecule has 0 aromatic carbocycles. The van der Waals surface area contributed by atoms with Crippen molar-refractivity contribution in [1.29, 1.82) is 0 Å². The topological polar surface area (TPSA) is 121 Å². The summed E-state index contributed by atoms with van der Waals surface area (Å²) in [4.78, 5) is 22.1. The van der Waals surface area contributed by atoms with E-state index in [0.717, 1.165) is 0 Å². The highest BCUT2D eigenvalue weighted by molar-refractivity contribution is 5.81. The number of carbonyl (C=O) groups is 2. The zero-order valence-electron chi connectivity index (χ0n) is 13.3. The smallest absolute Gasteiger partial charge is 0.250 e. The van der Waals surface area contributed by atoms with Gasteiger partial charge < -0.3 is 29.4 Å². The van der Waals surface area contributed by atoms with Gasteiger partial charge in [-0.1, -0.05) is 0 Å². The number of ether oxygens (including phenoxy) is 3. The summed E-state index contributed by atoms with van der Waals surface area (Å²) in [6, 6.07) is -1.44. The molecule has 0 heterocycles. The van der Waals surface area contributed by atoms with E-state index in [-0.39, 0.29) is 5.91 Å². The Balaban J connectivity index is 3.50. The number of hydrogen-bond donors (Lipinski definition) is 3. The fourth-order valence-electron chi connectivity index (χ4n) is 1.25. The first kappa shape index (κ1) is 20.7. The lowest BCUT2D eigenvalue weighted by Crippen LogP contribution is -2.55. The molecule has 0 aliphatic rings. The fraction of sp³-hybridized carbons (Fsp3) is 0.846. The van der Waals surface area contributed by atoms with Crippen molar-refractivity contribution in [1.82, 2.24) is 16.2 Å². The van der Waals surface area contributed by atoms with Crippen LogP contribution in [0.3, 0.4) is 0 Å². The second kappa shape index (κ2) is 13.4. The maximum atomic E-state index is 11.6. The fourth-order valence-corrected chi connectivity index (χ4v) is 1.25. The molecular formula is C13H26N3O6-. The summed E-state index contributed by atoms with van der Waals surface area (Å²) < 4.78 is 15.4. The molecule has 0 rings (SSSR count). The largest absolute Gasteiger partial charge is 0.548 e. The molecule has 0 spiro atoms. The summed E-state index contributed by atoms with van der Waals surface area (Å²) in [6.45, 7) is 6.01. The van der Waals surface area contributed by atoms with Crippen molar-refractivity contribution >= 4 is 11.9 Å². The number of carboxylic acids is 1. The first-order chi connectivity index (χ1) is 10.5. The van der Waals surface area contributed by atoms with E-state index < -0.39 is 18.1 Å². The second-order valence-corrected chi connectivity index (χ2v) is 4.57. The predicted molar refractivity (Wildman–Crippen MR) is 76.7 cm³/mol. The summed E-state index contributed by atoms with van der Waals surface area (Å²) in [5.74, 6) is -1.65. The quantitative estimate of drug-likeness (QED) is 0.235. The Morgan fingerprint density at radius 3 is 2.18 bits per heavy atom. The monoisotopic (exact) mass is 320 g/mol. The molecule has 9 nitrogen and oxygen atoms in total. The molecule has 0 aliphatic carbocycles. The third-order valence-corrected chi connectivity index (χ3v) is 2.66. The number of methoxy groups -OCH3 is 1. The summed E-state index contributed by atoms with van der Waals surface area (Å²) in [5, 5.41) is 13.4. The Hall–Kier alpha value is -1.26. The molecule has 0 aliphatic heterocycles. The molecule has 0 bridgehead atoms. The lowest BCUT2D eigenvalue weighted by atomic mass is 10.3. The van der Waals surface area contributed by atoms with Crippen molar-refractivity contribution in [3.63, 3.8) is 0 Å². The minimum Gasteiger partial charge on any atom is -0.548 e. The van der Waals surface area contributed by atoms with E-state index in [9.17, 15) is 14.7 Å². The maximum absolute atomic E-state index is 11.6. The van der Waals surface area contributed by atoms with Crippen molar-refractivity contribution < 1.29 is 28.9 Å². The molecule has 0 fully saturated rings. The number of hydrazine groups is 1. The maximum Gasteiger partial charge on any atom is 0.250 e. The third kappa shape index (κ3) is 11.4. The van der Waals surface area contributed by atoms with Crippen molar-refractivity contribution in [3.8, 4) is 0 Å². The zero-order chi connectivity index (χ0) is 16.8. The van der Waals surface area contributed by atoms with Gasteiger partial charge in [-0.3, -0.25) is 10.2 Å². The number of rotatable bonds is 14. The van der Waals surface area contributed by atoms with Crippen LogP contribution in [0.2, 0.25) is 0 Å². The molecule has 0 saturated heterocycles. The van der Waals surface area contributed by atoms with Gasteiger partial charge in [0, 0.05) is 13.7 Å². The van der Waals surface area contributed by atoms with Crippen LogP contribution in [0.25, 0.3) is 0 Å². The van der Waals surface area contributed by atoms with E-state index in [0.29, 0.717) is 39.6 Å². The molecule has 130 valence electrons. The van der Waals surface area contributed by atoms with Crippen LogP contribution in [0.15, 0.2) is 0 Å². The normalized spacial score (nSPS) is 13.6. The molecule has 22 heavy (non-hydrogen) atoms. The van der Waals surface area contributed by atoms with Crippen LogP contribution in [0.4, 0.5) is 0 Å². The van der Waals surface area contributed by atoms with Crippen molar-refractivity contribution in [2.24, 2.45) is 0 Å². The van der Waals surface area contributed by atoms with E-state index in [4.69, 9.17) is 14.2 Å². The number of amides is 1. The van der Waals surface area contributed by atoms with Gasteiger partial charge in [0.05, 0.1) is 51.1 Å². The average molecular weight is 320 g/mol. The minimum absolute atomic E-state index is 0.365. The molecule has 0 saturated carbocycles. The Kier molecular flexibility index (Phi) is 12.6. The standard InChI is InChI=1S/C13H27N3O6/c1-10(12(17)16-15-11(2)13(18)19)14-4-5-21-8-9-22-7-6-20-3/h10-11,14-15H,4-9H2,1-3H3,(H,16,17)(H,18,19)/p-1/t10-,11+/m0/s1. The van der Waals surface area contributed by atoms with Gasteiger partial charge in [-0.2, -0.15) is 0 Å². The first-order valence-corrected chi connectivity index (χ1v) is 7.13. The molecule has 2 atom stereocenters. The van der Waals surface area contributed by atoms with E-state index in [1.807, 2.05) is 0 Å². The van der Waals surface area contributed by atoms with Gasteiger partial charge in [0.15, 0.2) is 0 Å². The van der Waals surface area contributed by atoms with E-state index >= 15 is 0 Å². The molecule has 0 radical (unpaired) electrons. The highest BCUT2D eigenvalue weighted by atomic mass is 16.5. The average Bonchev–Trinajstić information content (AvgIpc) is 2.50. The van der Waals surface area contributed by atoms with Crippen LogP contribution in [-0.2, 0) is 23.8 Å². The molecule has 3 N–H and O–H groups in total. The molecule has 1 amide bonds. The summed E-state index contributed by atoms with van der Waals surface area (Å²) in [7, 11) is 1.61. The van der Waals surface area contributed by atoms with Crippen LogP contribution >= 0.6 is 0 Å². The summed E-state index contributed by atoms with van der Waals surface area (Å²) >= 11 is 0. The predicted octanol–water partition coefficient (Wildman–Crippen LogP) is -2.60. The number of nitrogens with one attached hydrogen (secondary N) is 3. The Bertz CT molecular complexity index is 316. The van der Waals surface area contributed by atoms with Gasteiger partial charge in [-0.05, 0) is 13.8 Å². The van der Waals surface area contributed by atoms with Crippen LogP contribution in [0.5, 0.6) is 0 Å². The number of carboxylic acid groups (broad SMARTS) is 1. The second-order valence-electron chi connectivity index (χ2n) is 4.57. The molecule has 9 heteroatoms. The van der Waals surface area contributed by atoms with Crippen molar-refractivity contribution in [2.75, 3.05) is 46.7 Å². The Morgan fingerprint density at radius 2 is 1.59 bits per heavy atom. The SMILES string of the molecule is COCCOCCOCCN[C@@H](C)C(=O)NN[C@H](C)C(=O)[O-]. The Labute approximate surface area is 130 Å². The van der Waals surface area contributed by atoms with Gasteiger partial charge >= 0.3 is 0 Å². The van der Waals surface area contributed by atoms with Gasteiger partial charge in [0.1, 0.15) is 0 Å². The summed E-state index contributed by atoms with van der Waals surface area (Å²) in [5.41, 5.74) is 4.64. The van der Waals surface area contributed by atoms with Gasteiger partial charge in [-0.25, -0.2) is 5.43 Å². The lowest BCUT2D eigenvalue weighted by Gasteiger charge is -2.18. The molecule has 0 unspecified atom stereocenters. The lowest BCUT2D eigenvalue weighted by molar-refractivity contribution is -0.308. The number of aliphatic carboxylic acids is 1. The highest BCUT2D eigenvalue weighted by Gasteiger charge is 2.12. The number of hydrogen-bond acceptors (Lipinski definition) is 8. The van der Waals surface area contributed by atoms with Gasteiger partial charge in [0.2, 0.25) is 0 Å². The van der Waals surface area contributed by atoms with Crippen LogP contribution in [0, 0.1) is 0 Å². The van der Waals surface area contributed by atoms with Crippen molar-refractivity contribution in [2.45, 2.75) is 25.9 Å². The van der Waals surface area contributed by atoms with Crippen LogP contribution in [0.1, 0.15) is 13.8 Å². The summed E-state index contributed by atoms with van der Waals surface area (Å²) in [6.07, 6.45) is 0. The zero-order valence-corrected chi connectivity index (χ0v) is 13.3. The van der Waals surface area contributed by atoms with E-state index in [1.54, 1.807) is 14.0 Å². The molecular weight excluding hydrogens is 294 g/mol. The molecule has 0 aromatic rings. The third-order valence-electron chi connectivity index (χ3n) is 2.66.